The molecule has 0 amide bonds. The molecule has 13 heavy (non-hydrogen) atoms. The summed E-state index contributed by atoms with van der Waals surface area (Å²) in [4.78, 5) is 0. The van der Waals surface area contributed by atoms with Gasteiger partial charge in [-0.1, -0.05) is 18.2 Å². The molecule has 0 aliphatic carbocycles. The Bertz CT molecular complexity index is 443. The van der Waals surface area contributed by atoms with Crippen molar-refractivity contribution in [3.05, 3.63) is 47.8 Å². The molecule has 0 bridgehead atoms. The minimum atomic E-state index is 0.523. The summed E-state index contributed by atoms with van der Waals surface area (Å²) >= 11 is 0. The van der Waals surface area contributed by atoms with Crippen LogP contribution in [0, 0.1) is 13.8 Å². The first-order valence-corrected chi connectivity index (χ1v) is 4.27. The van der Waals surface area contributed by atoms with Crippen LogP contribution in [0.4, 0.5) is 0 Å². The Hall–Kier alpha value is -1.57. The molecule has 0 spiro atoms. The van der Waals surface area contributed by atoms with E-state index in [1.165, 1.54) is 0 Å². The fourth-order valence-corrected chi connectivity index (χ4v) is 1.41. The molecule has 1 heterocycles. The predicted octanol–water partition coefficient (Wildman–Crippen LogP) is 2.49. The second-order valence-corrected chi connectivity index (χ2v) is 3.10. The third-order valence-electron chi connectivity index (χ3n) is 1.95. The summed E-state index contributed by atoms with van der Waals surface area (Å²) in [6, 6.07) is 9.91. The maximum atomic E-state index is 7.38. The Morgan fingerprint density at radius 2 is 2.00 bits per heavy atom. The predicted molar refractivity (Wildman–Crippen MR) is 53.0 cm³/mol. The van der Waals surface area contributed by atoms with Gasteiger partial charge in [-0.25, -0.2) is 4.68 Å². The number of aryl methyl sites for hydroxylation is 2. The van der Waals surface area contributed by atoms with E-state index < -0.39 is 0 Å². The van der Waals surface area contributed by atoms with Crippen molar-refractivity contribution in [2.75, 3.05) is 0 Å². The molecule has 1 aromatic carbocycles. The van der Waals surface area contributed by atoms with Gasteiger partial charge in [0.15, 0.2) is 0 Å². The summed E-state index contributed by atoms with van der Waals surface area (Å²) in [5.41, 5.74) is 3.13. The first kappa shape index (κ1) is 6.89. The maximum absolute atomic E-state index is 7.38. The summed E-state index contributed by atoms with van der Waals surface area (Å²) in [5.74, 6) is 0. The molecule has 0 radical (unpaired) electrons. The molecule has 0 saturated heterocycles. The molecule has 2 rings (SSSR count). The molecular weight excluding hydrogens is 160 g/mol. The molecule has 0 N–H and O–H groups in total. The number of rotatable bonds is 1. The third kappa shape index (κ3) is 1.47. The summed E-state index contributed by atoms with van der Waals surface area (Å²) in [5, 5.41) is 4.37. The van der Waals surface area contributed by atoms with E-state index in [-0.39, 0.29) is 0 Å². The van der Waals surface area contributed by atoms with E-state index in [1.54, 1.807) is 12.1 Å². The number of hydrogen-bond donors (Lipinski definition) is 0. The van der Waals surface area contributed by atoms with Gasteiger partial charge in [-0.2, -0.15) is 5.10 Å². The van der Waals surface area contributed by atoms with Crippen LogP contribution in [0.1, 0.15) is 12.8 Å². The molecule has 0 unspecified atom stereocenters. The lowest BCUT2D eigenvalue weighted by molar-refractivity contribution is 0.833. The number of para-hydroxylation sites is 1. The Morgan fingerprint density at radius 1 is 1.31 bits per heavy atom. The van der Waals surface area contributed by atoms with Crippen molar-refractivity contribution in [3.63, 3.8) is 0 Å². The summed E-state index contributed by atoms with van der Waals surface area (Å²) in [7, 11) is 0. The van der Waals surface area contributed by atoms with Crippen molar-refractivity contribution in [1.82, 2.24) is 9.78 Å². The van der Waals surface area contributed by atoms with Gasteiger partial charge in [-0.15, -0.1) is 0 Å². The standard InChI is InChI=1S/C11H12N2/c1-9-8-10(2)13(12-9)11-6-4-3-5-7-11/h3-8H,1-2H3/i3D. The van der Waals surface area contributed by atoms with E-state index in [1.807, 2.05) is 36.7 Å². The minimum absolute atomic E-state index is 0.523. The third-order valence-corrected chi connectivity index (χ3v) is 1.95. The van der Waals surface area contributed by atoms with Crippen LogP contribution in [-0.4, -0.2) is 9.78 Å². The molecule has 0 aliphatic heterocycles. The van der Waals surface area contributed by atoms with Gasteiger partial charge >= 0.3 is 0 Å². The van der Waals surface area contributed by atoms with Gasteiger partial charge in [0, 0.05) is 5.69 Å². The highest BCUT2D eigenvalue weighted by molar-refractivity contribution is 5.32. The molecule has 0 atom stereocenters. The van der Waals surface area contributed by atoms with E-state index in [0.29, 0.717) is 6.04 Å². The van der Waals surface area contributed by atoms with Gasteiger partial charge in [0.1, 0.15) is 0 Å². The second kappa shape index (κ2) is 3.05. The van der Waals surface area contributed by atoms with Gasteiger partial charge in [-0.3, -0.25) is 0 Å². The topological polar surface area (TPSA) is 17.8 Å². The van der Waals surface area contributed by atoms with Gasteiger partial charge < -0.3 is 0 Å². The molecule has 0 fully saturated rings. The zero-order valence-electron chi connectivity index (χ0n) is 8.78. The summed E-state index contributed by atoms with van der Waals surface area (Å²) in [6.45, 7) is 4.00. The van der Waals surface area contributed by atoms with Gasteiger partial charge in [0.2, 0.25) is 0 Å². The fraction of sp³-hybridized carbons (Fsp3) is 0.182. The molecule has 0 saturated carbocycles. The van der Waals surface area contributed by atoms with Crippen LogP contribution < -0.4 is 0 Å². The van der Waals surface area contributed by atoms with Crippen LogP contribution in [0.5, 0.6) is 0 Å². The molecule has 2 nitrogen and oxygen atoms in total. The van der Waals surface area contributed by atoms with Gasteiger partial charge in [0.05, 0.1) is 12.8 Å². The summed E-state index contributed by atoms with van der Waals surface area (Å²) < 4.78 is 9.27. The smallest absolute Gasteiger partial charge is 0.0648 e. The average Bonchev–Trinajstić information content (AvgIpc) is 2.47. The molecule has 66 valence electrons. The normalized spacial score (nSPS) is 11.4. The Morgan fingerprint density at radius 3 is 2.54 bits per heavy atom. The molecule has 2 heteroatoms. The quantitative estimate of drug-likeness (QED) is 0.647. The van der Waals surface area contributed by atoms with Crippen molar-refractivity contribution < 1.29 is 1.37 Å². The first-order valence-electron chi connectivity index (χ1n) is 4.77. The van der Waals surface area contributed by atoms with E-state index in [2.05, 4.69) is 5.10 Å². The molecule has 0 aliphatic rings. The lowest BCUT2D eigenvalue weighted by Gasteiger charge is -2.02. The second-order valence-electron chi connectivity index (χ2n) is 3.10. The van der Waals surface area contributed by atoms with E-state index in [0.717, 1.165) is 17.1 Å². The fourth-order valence-electron chi connectivity index (χ4n) is 1.41. The Balaban J connectivity index is 2.49. The Labute approximate surface area is 79.2 Å². The van der Waals surface area contributed by atoms with Crippen LogP contribution in [0.2, 0.25) is 0 Å². The molecule has 1 aromatic heterocycles. The maximum Gasteiger partial charge on any atom is 0.0648 e. The monoisotopic (exact) mass is 173 g/mol. The number of aromatic nitrogens is 2. The molecule has 2 aromatic rings. The number of hydrogen-bond acceptors (Lipinski definition) is 1. The summed E-state index contributed by atoms with van der Waals surface area (Å²) in [6.07, 6.45) is 0. The first-order chi connectivity index (χ1) is 6.66. The lowest BCUT2D eigenvalue weighted by Crippen LogP contribution is -1.97. The highest BCUT2D eigenvalue weighted by Gasteiger charge is 2.01. The zero-order valence-corrected chi connectivity index (χ0v) is 7.78. The van der Waals surface area contributed by atoms with E-state index in [4.69, 9.17) is 1.37 Å². The number of benzene rings is 1. The minimum Gasteiger partial charge on any atom is -0.238 e. The Kier molecular flexibility index (Phi) is 1.62. The highest BCUT2D eigenvalue weighted by Crippen LogP contribution is 2.10. The van der Waals surface area contributed by atoms with Crippen molar-refractivity contribution in [2.24, 2.45) is 0 Å². The molecular formula is C11H12N2. The van der Waals surface area contributed by atoms with Gasteiger partial charge in [-0.05, 0) is 32.0 Å². The largest absolute Gasteiger partial charge is 0.238 e. The van der Waals surface area contributed by atoms with Crippen molar-refractivity contribution in [1.29, 1.82) is 0 Å². The van der Waals surface area contributed by atoms with Crippen LogP contribution in [0.15, 0.2) is 36.4 Å². The van der Waals surface area contributed by atoms with Crippen LogP contribution in [-0.2, 0) is 0 Å². The highest BCUT2D eigenvalue weighted by atomic mass is 15.3. The zero-order chi connectivity index (χ0) is 10.1. The average molecular weight is 173 g/mol. The van der Waals surface area contributed by atoms with Crippen LogP contribution in [0.3, 0.4) is 0 Å². The van der Waals surface area contributed by atoms with Gasteiger partial charge in [0.25, 0.3) is 0 Å². The SMILES string of the molecule is [2H]c1ccc(-n2nc(C)cc2C)cc1. The van der Waals surface area contributed by atoms with Crippen molar-refractivity contribution >= 4 is 0 Å². The van der Waals surface area contributed by atoms with Crippen LogP contribution >= 0.6 is 0 Å². The van der Waals surface area contributed by atoms with Crippen molar-refractivity contribution in [2.45, 2.75) is 13.8 Å². The lowest BCUT2D eigenvalue weighted by atomic mass is 10.3. The number of nitrogens with zero attached hydrogens (tertiary/aromatic N) is 2. The van der Waals surface area contributed by atoms with Crippen LogP contribution in [0.25, 0.3) is 5.69 Å². The van der Waals surface area contributed by atoms with E-state index in [9.17, 15) is 0 Å². The van der Waals surface area contributed by atoms with Crippen molar-refractivity contribution in [3.8, 4) is 5.69 Å². The van der Waals surface area contributed by atoms with E-state index >= 15 is 0 Å².